The summed E-state index contributed by atoms with van der Waals surface area (Å²) in [4.78, 5) is 50.7. The van der Waals surface area contributed by atoms with Gasteiger partial charge in [-0.1, -0.05) is 35.9 Å². The van der Waals surface area contributed by atoms with Gasteiger partial charge in [-0.15, -0.1) is 0 Å². The second-order valence-electron chi connectivity index (χ2n) is 7.50. The minimum atomic E-state index is -1.21. The fourth-order valence-corrected chi connectivity index (χ4v) is 4.68. The van der Waals surface area contributed by atoms with E-state index in [9.17, 15) is 19.2 Å². The van der Waals surface area contributed by atoms with Gasteiger partial charge in [-0.3, -0.25) is 14.4 Å². The van der Waals surface area contributed by atoms with Crippen molar-refractivity contribution in [3.05, 3.63) is 58.2 Å². The predicted octanol–water partition coefficient (Wildman–Crippen LogP) is 2.54. The van der Waals surface area contributed by atoms with Crippen LogP contribution in [0.5, 0.6) is 0 Å². The lowest BCUT2D eigenvalue weighted by Gasteiger charge is -2.29. The average Bonchev–Trinajstić information content (AvgIpc) is 3.04. The van der Waals surface area contributed by atoms with E-state index in [1.165, 1.54) is 6.92 Å². The minimum absolute atomic E-state index is 0.131. The molecule has 1 aromatic rings. The van der Waals surface area contributed by atoms with Crippen molar-refractivity contribution in [1.82, 2.24) is 5.32 Å². The first-order valence-electron chi connectivity index (χ1n) is 9.44. The Labute approximate surface area is 162 Å². The summed E-state index contributed by atoms with van der Waals surface area (Å²) in [6.07, 6.45) is 2.79. The lowest BCUT2D eigenvalue weighted by atomic mass is 9.73. The van der Waals surface area contributed by atoms with E-state index in [4.69, 9.17) is 4.74 Å². The Kier molecular flexibility index (Phi) is 4.29. The van der Waals surface area contributed by atoms with Crippen molar-refractivity contribution in [1.29, 1.82) is 0 Å². The molecular weight excluding hydrogens is 358 g/mol. The van der Waals surface area contributed by atoms with E-state index in [2.05, 4.69) is 5.32 Å². The van der Waals surface area contributed by atoms with Crippen molar-refractivity contribution in [2.45, 2.75) is 38.6 Å². The van der Waals surface area contributed by atoms with Crippen LogP contribution in [0.1, 0.15) is 53.8 Å². The number of hydrogen-bond donors (Lipinski definition) is 1. The van der Waals surface area contributed by atoms with Crippen molar-refractivity contribution >= 4 is 23.4 Å². The van der Waals surface area contributed by atoms with Crippen LogP contribution >= 0.6 is 0 Å². The molecule has 0 bridgehead atoms. The van der Waals surface area contributed by atoms with Crippen LogP contribution < -0.4 is 5.32 Å². The van der Waals surface area contributed by atoms with Gasteiger partial charge in [0.2, 0.25) is 5.91 Å². The summed E-state index contributed by atoms with van der Waals surface area (Å²) in [5, 5.41) is 2.76. The molecule has 144 valence electrons. The second kappa shape index (κ2) is 6.55. The number of rotatable bonds is 3. The van der Waals surface area contributed by atoms with Gasteiger partial charge in [0.15, 0.2) is 11.6 Å². The molecule has 1 fully saturated rings. The van der Waals surface area contributed by atoms with Gasteiger partial charge in [-0.2, -0.15) is 0 Å². The SMILES string of the molecule is CCOC(=O)C1(NC(C)=O)CC2=CCC3=C(C(=O)c4ccccc4C3=O)C2C1. The standard InChI is InChI=1S/C22H21NO5/c1-3-28-21(27)22(23-12(2)24)10-13-8-9-16-18(17(13)11-22)20(26)15-7-5-4-6-14(15)19(16)25/h4-8,17H,3,9-11H2,1-2H3,(H,23,24). The Bertz CT molecular complexity index is 986. The molecule has 1 amide bonds. The Balaban J connectivity index is 1.77. The van der Waals surface area contributed by atoms with E-state index < -0.39 is 11.5 Å². The summed E-state index contributed by atoms with van der Waals surface area (Å²) >= 11 is 0. The molecule has 1 saturated carbocycles. The maximum Gasteiger partial charge on any atom is 0.332 e. The van der Waals surface area contributed by atoms with E-state index in [-0.39, 0.29) is 42.8 Å². The molecule has 6 nitrogen and oxygen atoms in total. The van der Waals surface area contributed by atoms with Crippen molar-refractivity contribution in [2.24, 2.45) is 5.92 Å². The average molecular weight is 379 g/mol. The number of benzene rings is 1. The Morgan fingerprint density at radius 2 is 1.86 bits per heavy atom. The highest BCUT2D eigenvalue weighted by Crippen LogP contribution is 2.49. The summed E-state index contributed by atoms with van der Waals surface area (Å²) in [6, 6.07) is 6.83. The fourth-order valence-electron chi connectivity index (χ4n) is 4.68. The summed E-state index contributed by atoms with van der Waals surface area (Å²) < 4.78 is 5.23. The van der Waals surface area contributed by atoms with Crippen LogP contribution in [-0.4, -0.2) is 35.6 Å². The molecule has 0 aromatic heterocycles. The van der Waals surface area contributed by atoms with Crippen LogP contribution in [-0.2, 0) is 14.3 Å². The molecule has 0 saturated heterocycles. The van der Waals surface area contributed by atoms with Crippen LogP contribution in [0, 0.1) is 5.92 Å². The second-order valence-corrected chi connectivity index (χ2v) is 7.50. The van der Waals surface area contributed by atoms with Gasteiger partial charge in [-0.25, -0.2) is 4.79 Å². The van der Waals surface area contributed by atoms with Gasteiger partial charge in [0.05, 0.1) is 6.61 Å². The molecule has 3 aliphatic carbocycles. The van der Waals surface area contributed by atoms with Gasteiger partial charge in [-0.05, 0) is 19.8 Å². The molecule has 0 radical (unpaired) electrons. The largest absolute Gasteiger partial charge is 0.464 e. The van der Waals surface area contributed by atoms with E-state index in [0.29, 0.717) is 28.7 Å². The molecule has 2 atom stereocenters. The molecule has 2 unspecified atom stereocenters. The number of esters is 1. The molecule has 1 N–H and O–H groups in total. The normalized spacial score (nSPS) is 25.5. The fraction of sp³-hybridized carbons (Fsp3) is 0.364. The van der Waals surface area contributed by atoms with Gasteiger partial charge in [0, 0.05) is 41.5 Å². The Morgan fingerprint density at radius 1 is 1.18 bits per heavy atom. The third kappa shape index (κ3) is 2.63. The lowest BCUT2D eigenvalue weighted by molar-refractivity contribution is -0.153. The molecule has 0 heterocycles. The number of hydrogen-bond acceptors (Lipinski definition) is 5. The number of carbonyl (C=O) groups is 4. The van der Waals surface area contributed by atoms with Crippen molar-refractivity contribution in [3.63, 3.8) is 0 Å². The summed E-state index contributed by atoms with van der Waals surface area (Å²) in [7, 11) is 0. The van der Waals surface area contributed by atoms with Gasteiger partial charge in [0.1, 0.15) is 5.54 Å². The van der Waals surface area contributed by atoms with Crippen LogP contribution in [0.15, 0.2) is 47.1 Å². The number of fused-ring (bicyclic) bond motifs is 3. The zero-order valence-electron chi connectivity index (χ0n) is 15.8. The highest BCUT2D eigenvalue weighted by atomic mass is 16.5. The number of nitrogens with one attached hydrogen (secondary N) is 1. The third-order valence-electron chi connectivity index (χ3n) is 5.76. The number of ether oxygens (including phenoxy) is 1. The van der Waals surface area contributed by atoms with Gasteiger partial charge >= 0.3 is 5.97 Å². The predicted molar refractivity (Wildman–Crippen MR) is 101 cm³/mol. The minimum Gasteiger partial charge on any atom is -0.464 e. The Morgan fingerprint density at radius 3 is 2.50 bits per heavy atom. The lowest BCUT2D eigenvalue weighted by Crippen LogP contribution is -2.53. The maximum atomic E-state index is 13.2. The third-order valence-corrected chi connectivity index (χ3v) is 5.76. The number of amides is 1. The molecule has 3 aliphatic rings. The zero-order chi connectivity index (χ0) is 20.1. The number of carbonyl (C=O) groups excluding carboxylic acids is 4. The van der Waals surface area contributed by atoms with Crippen molar-refractivity contribution < 1.29 is 23.9 Å². The smallest absolute Gasteiger partial charge is 0.332 e. The topological polar surface area (TPSA) is 89.5 Å². The van der Waals surface area contributed by atoms with E-state index in [1.807, 2.05) is 6.08 Å². The quantitative estimate of drug-likeness (QED) is 0.644. The number of Topliss-reactive ketones (excluding diaryl/α,β-unsaturated/α-hetero) is 2. The summed E-state index contributed by atoms with van der Waals surface area (Å²) in [5.74, 6) is -1.50. The van der Waals surface area contributed by atoms with Crippen LogP contribution in [0.3, 0.4) is 0 Å². The summed E-state index contributed by atoms with van der Waals surface area (Å²) in [5.41, 5.74) is 1.50. The first-order chi connectivity index (χ1) is 13.4. The van der Waals surface area contributed by atoms with Crippen molar-refractivity contribution in [2.75, 3.05) is 6.61 Å². The van der Waals surface area contributed by atoms with E-state index in [1.54, 1.807) is 31.2 Å². The molecule has 6 heteroatoms. The van der Waals surface area contributed by atoms with E-state index >= 15 is 0 Å². The molecule has 4 rings (SSSR count). The van der Waals surface area contributed by atoms with Crippen LogP contribution in [0.4, 0.5) is 0 Å². The van der Waals surface area contributed by atoms with Gasteiger partial charge in [0.25, 0.3) is 0 Å². The first-order valence-corrected chi connectivity index (χ1v) is 9.44. The van der Waals surface area contributed by atoms with E-state index in [0.717, 1.165) is 5.57 Å². The highest BCUT2D eigenvalue weighted by Gasteiger charge is 2.53. The van der Waals surface area contributed by atoms with Crippen LogP contribution in [0.25, 0.3) is 0 Å². The number of ketones is 2. The zero-order valence-corrected chi connectivity index (χ0v) is 15.8. The monoisotopic (exact) mass is 379 g/mol. The van der Waals surface area contributed by atoms with Gasteiger partial charge < -0.3 is 10.1 Å². The summed E-state index contributed by atoms with van der Waals surface area (Å²) in [6.45, 7) is 3.26. The van der Waals surface area contributed by atoms with Crippen molar-refractivity contribution in [3.8, 4) is 0 Å². The molecule has 0 aliphatic heterocycles. The highest BCUT2D eigenvalue weighted by molar-refractivity contribution is 6.27. The first kappa shape index (κ1) is 18.3. The van der Waals surface area contributed by atoms with Crippen LogP contribution in [0.2, 0.25) is 0 Å². The molecule has 1 aromatic carbocycles. The molecule has 0 spiro atoms. The molecular formula is C22H21NO5. The number of allylic oxidation sites excluding steroid dienone is 3. The Hall–Kier alpha value is -3.02. The molecule has 28 heavy (non-hydrogen) atoms. The maximum absolute atomic E-state index is 13.2.